The number of esters is 2. The Balaban J connectivity index is 1.54. The second-order valence-corrected chi connectivity index (χ2v) is 10.6. The fourth-order valence-electron chi connectivity index (χ4n) is 7.60. The molecular weight excluding hydrogens is 380 g/mol. The summed E-state index contributed by atoms with van der Waals surface area (Å²) >= 11 is 0. The van der Waals surface area contributed by atoms with Crippen molar-refractivity contribution in [3.8, 4) is 0 Å². The zero-order valence-electron chi connectivity index (χ0n) is 18.9. The summed E-state index contributed by atoms with van der Waals surface area (Å²) in [7, 11) is 0. The standard InChI is InChI=1S/C25H36O5/c1-5-20(16-12-22(27)29-14-16)25(4)11-9-21-19(23(25)28)7-6-17-13-18(30-15(2)26)8-10-24(17,21)3/h12,17-21H,5-11,13-14H2,1-4H3/t17-,18+,19-,20-,21+,24+,25-/m1/s1. The van der Waals surface area contributed by atoms with Crippen molar-refractivity contribution in [1.82, 2.24) is 0 Å². The van der Waals surface area contributed by atoms with E-state index in [9.17, 15) is 14.4 Å². The van der Waals surface area contributed by atoms with Crippen LogP contribution in [0.25, 0.3) is 0 Å². The van der Waals surface area contributed by atoms with Crippen LogP contribution in [0.3, 0.4) is 0 Å². The maximum atomic E-state index is 13.9. The normalized spacial score (nSPS) is 41.9. The number of fused-ring (bicyclic) bond motifs is 3. The molecule has 0 saturated heterocycles. The number of hydrogen-bond donors (Lipinski definition) is 0. The van der Waals surface area contributed by atoms with Crippen LogP contribution in [0.5, 0.6) is 0 Å². The molecule has 4 aliphatic rings. The van der Waals surface area contributed by atoms with Gasteiger partial charge in [-0.1, -0.05) is 20.8 Å². The molecule has 30 heavy (non-hydrogen) atoms. The van der Waals surface area contributed by atoms with E-state index < -0.39 is 5.41 Å². The van der Waals surface area contributed by atoms with Crippen molar-refractivity contribution < 1.29 is 23.9 Å². The molecule has 0 aromatic heterocycles. The Hall–Kier alpha value is -1.65. The minimum absolute atomic E-state index is 0.0398. The molecule has 1 heterocycles. The molecule has 5 heteroatoms. The predicted molar refractivity (Wildman–Crippen MR) is 112 cm³/mol. The van der Waals surface area contributed by atoms with Crippen LogP contribution in [-0.2, 0) is 23.9 Å². The quantitative estimate of drug-likeness (QED) is 0.625. The Morgan fingerprint density at radius 2 is 1.97 bits per heavy atom. The van der Waals surface area contributed by atoms with E-state index in [2.05, 4.69) is 20.8 Å². The van der Waals surface area contributed by atoms with Gasteiger partial charge in [-0.2, -0.15) is 0 Å². The van der Waals surface area contributed by atoms with Gasteiger partial charge in [0.1, 0.15) is 18.5 Å². The van der Waals surface area contributed by atoms with E-state index in [1.54, 1.807) is 6.08 Å². The first-order valence-corrected chi connectivity index (χ1v) is 11.8. The molecule has 0 N–H and O–H groups in total. The van der Waals surface area contributed by atoms with Crippen LogP contribution >= 0.6 is 0 Å². The molecule has 0 aromatic carbocycles. The van der Waals surface area contributed by atoms with Gasteiger partial charge in [0.05, 0.1) is 0 Å². The summed E-state index contributed by atoms with van der Waals surface area (Å²) in [4.78, 5) is 37.0. The molecule has 0 aromatic rings. The molecule has 0 bridgehead atoms. The highest BCUT2D eigenvalue weighted by molar-refractivity contribution is 5.90. The highest BCUT2D eigenvalue weighted by Gasteiger charge is 2.58. The maximum Gasteiger partial charge on any atom is 0.331 e. The molecule has 7 atom stereocenters. The summed E-state index contributed by atoms with van der Waals surface area (Å²) in [6.45, 7) is 8.47. The number of hydrogen-bond acceptors (Lipinski definition) is 5. The topological polar surface area (TPSA) is 69.7 Å². The summed E-state index contributed by atoms with van der Waals surface area (Å²) in [5, 5.41) is 0. The maximum absolute atomic E-state index is 13.9. The smallest absolute Gasteiger partial charge is 0.331 e. The van der Waals surface area contributed by atoms with E-state index in [0.717, 1.165) is 56.9 Å². The molecular formula is C25H36O5. The number of rotatable bonds is 4. The van der Waals surface area contributed by atoms with Crippen molar-refractivity contribution in [1.29, 1.82) is 0 Å². The van der Waals surface area contributed by atoms with E-state index in [0.29, 0.717) is 24.2 Å². The minimum atomic E-state index is -0.409. The zero-order chi connectivity index (χ0) is 21.7. The van der Waals surface area contributed by atoms with Crippen LogP contribution in [0.2, 0.25) is 0 Å². The lowest BCUT2D eigenvalue weighted by Crippen LogP contribution is -2.56. The fraction of sp³-hybridized carbons (Fsp3) is 0.800. The third-order valence-corrected chi connectivity index (χ3v) is 9.16. The van der Waals surface area contributed by atoms with Crippen molar-refractivity contribution in [3.05, 3.63) is 11.6 Å². The number of carbonyl (C=O) groups is 3. The SMILES string of the molecule is CC[C@H](C1=CC(=O)OC1)[C@@]1(C)CC[C@H]2[C@@H](CC[C@@H]3C[C@@H](OC(C)=O)CC[C@@]32C)C1=O. The van der Waals surface area contributed by atoms with Gasteiger partial charge < -0.3 is 9.47 Å². The van der Waals surface area contributed by atoms with Gasteiger partial charge in [-0.25, -0.2) is 4.79 Å². The van der Waals surface area contributed by atoms with Gasteiger partial charge >= 0.3 is 11.9 Å². The monoisotopic (exact) mass is 416 g/mol. The summed E-state index contributed by atoms with van der Waals surface area (Å²) in [5.74, 6) is 1.10. The zero-order valence-corrected chi connectivity index (χ0v) is 18.9. The molecule has 166 valence electrons. The van der Waals surface area contributed by atoms with Crippen molar-refractivity contribution in [2.75, 3.05) is 6.61 Å². The first-order chi connectivity index (χ1) is 14.2. The summed E-state index contributed by atoms with van der Waals surface area (Å²) in [5.41, 5.74) is 0.747. The average Bonchev–Trinajstić information content (AvgIpc) is 3.11. The van der Waals surface area contributed by atoms with Gasteiger partial charge in [-0.3, -0.25) is 9.59 Å². The lowest BCUT2D eigenvalue weighted by atomic mass is 9.45. The summed E-state index contributed by atoms with van der Waals surface area (Å²) in [6, 6.07) is 0. The van der Waals surface area contributed by atoms with Crippen molar-refractivity contribution in [2.45, 2.75) is 85.2 Å². The molecule has 0 radical (unpaired) electrons. The van der Waals surface area contributed by atoms with E-state index in [4.69, 9.17) is 9.47 Å². The van der Waals surface area contributed by atoms with Crippen LogP contribution in [-0.4, -0.2) is 30.4 Å². The van der Waals surface area contributed by atoms with E-state index in [1.807, 2.05) is 0 Å². The number of ketones is 1. The third kappa shape index (κ3) is 3.42. The van der Waals surface area contributed by atoms with Crippen LogP contribution in [0, 0.1) is 34.5 Å². The first kappa shape index (κ1) is 21.6. The Labute approximate surface area is 179 Å². The van der Waals surface area contributed by atoms with Crippen LogP contribution in [0.15, 0.2) is 11.6 Å². The van der Waals surface area contributed by atoms with Crippen LogP contribution < -0.4 is 0 Å². The first-order valence-electron chi connectivity index (χ1n) is 11.8. The van der Waals surface area contributed by atoms with Crippen molar-refractivity contribution in [2.24, 2.45) is 34.5 Å². The number of ether oxygens (including phenoxy) is 2. The Morgan fingerprint density at radius 3 is 2.60 bits per heavy atom. The molecule has 0 amide bonds. The van der Waals surface area contributed by atoms with Crippen molar-refractivity contribution >= 4 is 17.7 Å². The predicted octanol–water partition coefficient (Wildman–Crippen LogP) is 4.63. The van der Waals surface area contributed by atoms with E-state index in [1.165, 1.54) is 6.92 Å². The van der Waals surface area contributed by atoms with Gasteiger partial charge in [-0.05, 0) is 80.1 Å². The number of cyclic esters (lactones) is 1. The van der Waals surface area contributed by atoms with Gasteiger partial charge in [0.15, 0.2) is 0 Å². The summed E-state index contributed by atoms with van der Waals surface area (Å²) < 4.78 is 10.7. The van der Waals surface area contributed by atoms with Gasteiger partial charge in [-0.15, -0.1) is 0 Å². The van der Waals surface area contributed by atoms with E-state index in [-0.39, 0.29) is 35.3 Å². The Morgan fingerprint density at radius 1 is 1.20 bits per heavy atom. The molecule has 1 aliphatic heterocycles. The fourth-order valence-corrected chi connectivity index (χ4v) is 7.60. The molecule has 3 aliphatic carbocycles. The Kier molecular flexibility index (Phi) is 5.61. The van der Waals surface area contributed by atoms with Crippen LogP contribution in [0.1, 0.15) is 79.1 Å². The van der Waals surface area contributed by atoms with Crippen molar-refractivity contribution in [3.63, 3.8) is 0 Å². The van der Waals surface area contributed by atoms with Crippen LogP contribution in [0.4, 0.5) is 0 Å². The van der Waals surface area contributed by atoms with Gasteiger partial charge in [0.25, 0.3) is 0 Å². The number of Topliss-reactive ketones (excluding diaryl/α,β-unsaturated/α-hetero) is 1. The number of carbonyl (C=O) groups excluding carboxylic acids is 3. The molecule has 0 spiro atoms. The largest absolute Gasteiger partial charge is 0.463 e. The molecule has 3 fully saturated rings. The lowest BCUT2D eigenvalue weighted by Gasteiger charge is -2.58. The van der Waals surface area contributed by atoms with Gasteiger partial charge in [0.2, 0.25) is 0 Å². The second-order valence-electron chi connectivity index (χ2n) is 10.6. The molecule has 0 unspecified atom stereocenters. The molecule has 3 saturated carbocycles. The third-order valence-electron chi connectivity index (χ3n) is 9.16. The average molecular weight is 417 g/mol. The van der Waals surface area contributed by atoms with E-state index >= 15 is 0 Å². The highest BCUT2D eigenvalue weighted by Crippen LogP contribution is 2.62. The second kappa shape index (κ2) is 7.80. The summed E-state index contributed by atoms with van der Waals surface area (Å²) in [6.07, 6.45) is 9.32. The van der Waals surface area contributed by atoms with Gasteiger partial charge in [0, 0.05) is 24.3 Å². The molecule has 5 nitrogen and oxygen atoms in total. The molecule has 4 rings (SSSR count). The highest BCUT2D eigenvalue weighted by atomic mass is 16.5. The Bertz CT molecular complexity index is 770. The minimum Gasteiger partial charge on any atom is -0.463 e. The lowest BCUT2D eigenvalue weighted by molar-refractivity contribution is -0.163.